The summed E-state index contributed by atoms with van der Waals surface area (Å²) in [5.74, 6) is -0.819. The molecule has 0 radical (unpaired) electrons. The molecule has 3 rings (SSSR count). The quantitative estimate of drug-likeness (QED) is 0.620. The number of aromatic nitrogens is 3. The first-order chi connectivity index (χ1) is 13.3. The van der Waals surface area contributed by atoms with Crippen LogP contribution in [0.4, 0.5) is 5.69 Å². The highest BCUT2D eigenvalue weighted by molar-refractivity contribution is 6.00. The van der Waals surface area contributed by atoms with Gasteiger partial charge in [-0.15, -0.1) is 0 Å². The van der Waals surface area contributed by atoms with Gasteiger partial charge in [-0.2, -0.15) is 0 Å². The molecule has 9 heteroatoms. The van der Waals surface area contributed by atoms with E-state index in [1.807, 2.05) is 32.0 Å². The Morgan fingerprint density at radius 1 is 1.14 bits per heavy atom. The summed E-state index contributed by atoms with van der Waals surface area (Å²) < 4.78 is 0. The summed E-state index contributed by atoms with van der Waals surface area (Å²) in [5.41, 5.74) is 1.47. The number of H-pyrrole nitrogens is 2. The van der Waals surface area contributed by atoms with Crippen LogP contribution in [0.15, 0.2) is 40.1 Å². The zero-order chi connectivity index (χ0) is 20.4. The van der Waals surface area contributed by atoms with Crippen molar-refractivity contribution < 1.29 is 9.59 Å². The minimum atomic E-state index is -0.677. The minimum absolute atomic E-state index is 0.0823. The lowest BCUT2D eigenvalue weighted by Crippen LogP contribution is -2.35. The predicted molar refractivity (Wildman–Crippen MR) is 104 cm³/mol. The van der Waals surface area contributed by atoms with E-state index in [1.165, 1.54) is 24.2 Å². The first kappa shape index (κ1) is 19.0. The number of benzene rings is 1. The van der Waals surface area contributed by atoms with E-state index in [-0.39, 0.29) is 29.0 Å². The summed E-state index contributed by atoms with van der Waals surface area (Å²) in [7, 11) is 1.48. The number of hydrogen-bond donors (Lipinski definition) is 3. The normalized spacial score (nSPS) is 10.7. The Morgan fingerprint density at radius 3 is 2.50 bits per heavy atom. The molecule has 0 aliphatic carbocycles. The summed E-state index contributed by atoms with van der Waals surface area (Å²) in [6.45, 7) is 3.60. The first-order valence-electron chi connectivity index (χ1n) is 8.50. The molecule has 0 atom stereocenters. The van der Waals surface area contributed by atoms with E-state index in [2.05, 4.69) is 20.3 Å². The van der Waals surface area contributed by atoms with Gasteiger partial charge < -0.3 is 10.2 Å². The van der Waals surface area contributed by atoms with Gasteiger partial charge in [-0.1, -0.05) is 18.2 Å². The van der Waals surface area contributed by atoms with E-state index in [9.17, 15) is 19.2 Å². The van der Waals surface area contributed by atoms with Crippen molar-refractivity contribution >= 4 is 28.5 Å². The molecule has 144 valence electrons. The summed E-state index contributed by atoms with van der Waals surface area (Å²) in [6, 6.07) is 7.01. The molecule has 2 heterocycles. The van der Waals surface area contributed by atoms with Crippen LogP contribution in [0.25, 0.3) is 11.0 Å². The molecule has 0 saturated heterocycles. The SMILES string of the molecule is Cc1cccc(C)c1NC(=O)CN(C)C(=O)c1cnc2[nH]c(=O)[nH]c(=O)c2c1. The number of hydrogen-bond acceptors (Lipinski definition) is 5. The summed E-state index contributed by atoms with van der Waals surface area (Å²) in [6.07, 6.45) is 1.25. The Hall–Kier alpha value is -3.75. The number of para-hydroxylation sites is 1. The van der Waals surface area contributed by atoms with E-state index >= 15 is 0 Å². The van der Waals surface area contributed by atoms with Crippen molar-refractivity contribution in [2.75, 3.05) is 18.9 Å². The number of pyridine rings is 1. The Balaban J connectivity index is 1.77. The van der Waals surface area contributed by atoms with Crippen LogP contribution >= 0.6 is 0 Å². The predicted octanol–water partition coefficient (Wildman–Crippen LogP) is 0.939. The van der Waals surface area contributed by atoms with Crippen LogP contribution in [0.5, 0.6) is 0 Å². The minimum Gasteiger partial charge on any atom is -0.332 e. The van der Waals surface area contributed by atoms with Crippen LogP contribution in [-0.4, -0.2) is 45.3 Å². The van der Waals surface area contributed by atoms with Gasteiger partial charge in [0.1, 0.15) is 5.65 Å². The lowest BCUT2D eigenvalue weighted by atomic mass is 10.1. The van der Waals surface area contributed by atoms with Gasteiger partial charge in [-0.3, -0.25) is 24.4 Å². The number of rotatable bonds is 4. The zero-order valence-electron chi connectivity index (χ0n) is 15.6. The van der Waals surface area contributed by atoms with E-state index in [1.54, 1.807) is 0 Å². The molecule has 0 aliphatic rings. The summed E-state index contributed by atoms with van der Waals surface area (Å²) in [5, 5.41) is 2.90. The highest BCUT2D eigenvalue weighted by Crippen LogP contribution is 2.19. The van der Waals surface area contributed by atoms with Crippen LogP contribution in [0.2, 0.25) is 0 Å². The van der Waals surface area contributed by atoms with Crippen molar-refractivity contribution in [3.8, 4) is 0 Å². The van der Waals surface area contributed by atoms with E-state index in [0.29, 0.717) is 0 Å². The number of aromatic amines is 2. The number of aryl methyl sites for hydroxylation is 2. The molecule has 0 unspecified atom stereocenters. The molecule has 1 aromatic carbocycles. The maximum atomic E-state index is 12.6. The van der Waals surface area contributed by atoms with Crippen LogP contribution in [-0.2, 0) is 4.79 Å². The topological polar surface area (TPSA) is 128 Å². The molecule has 3 aromatic rings. The second kappa shape index (κ2) is 7.47. The Kier molecular flexibility index (Phi) is 5.08. The second-order valence-electron chi connectivity index (χ2n) is 6.50. The molecular weight excluding hydrogens is 362 g/mol. The van der Waals surface area contributed by atoms with E-state index in [4.69, 9.17) is 0 Å². The van der Waals surface area contributed by atoms with Gasteiger partial charge in [0.15, 0.2) is 0 Å². The number of carbonyl (C=O) groups is 2. The van der Waals surface area contributed by atoms with Crippen molar-refractivity contribution in [3.63, 3.8) is 0 Å². The molecule has 28 heavy (non-hydrogen) atoms. The standard InChI is InChI=1S/C19H19N5O4/c1-10-5-4-6-11(2)15(10)21-14(25)9-24(3)18(27)12-7-13-16(20-8-12)22-19(28)23-17(13)26/h4-8H,9H2,1-3H3,(H,21,25)(H2,20,22,23,26,28). The molecule has 2 aromatic heterocycles. The van der Waals surface area contributed by atoms with Crippen molar-refractivity contribution in [2.45, 2.75) is 13.8 Å². The van der Waals surface area contributed by atoms with E-state index < -0.39 is 17.2 Å². The zero-order valence-corrected chi connectivity index (χ0v) is 15.6. The Labute approximate surface area is 159 Å². The molecule has 0 saturated carbocycles. The van der Waals surface area contributed by atoms with Crippen LogP contribution in [0, 0.1) is 13.8 Å². The van der Waals surface area contributed by atoms with Crippen molar-refractivity contribution in [1.29, 1.82) is 0 Å². The van der Waals surface area contributed by atoms with Crippen LogP contribution in [0.1, 0.15) is 21.5 Å². The smallest absolute Gasteiger partial charge is 0.327 e. The van der Waals surface area contributed by atoms with Crippen LogP contribution in [0.3, 0.4) is 0 Å². The van der Waals surface area contributed by atoms with Crippen molar-refractivity contribution in [1.82, 2.24) is 19.9 Å². The molecule has 0 bridgehead atoms. The van der Waals surface area contributed by atoms with Gasteiger partial charge in [0.05, 0.1) is 17.5 Å². The number of anilines is 1. The van der Waals surface area contributed by atoms with Crippen molar-refractivity contribution in [2.24, 2.45) is 0 Å². The lowest BCUT2D eigenvalue weighted by molar-refractivity contribution is -0.116. The third-order valence-corrected chi connectivity index (χ3v) is 4.31. The highest BCUT2D eigenvalue weighted by Gasteiger charge is 2.17. The summed E-state index contributed by atoms with van der Waals surface area (Å²) >= 11 is 0. The largest absolute Gasteiger partial charge is 0.332 e. The second-order valence-corrected chi connectivity index (χ2v) is 6.50. The van der Waals surface area contributed by atoms with Gasteiger partial charge in [-0.05, 0) is 31.0 Å². The average molecular weight is 381 g/mol. The number of carbonyl (C=O) groups excluding carboxylic acids is 2. The lowest BCUT2D eigenvalue weighted by Gasteiger charge is -2.18. The molecule has 0 fully saturated rings. The van der Waals surface area contributed by atoms with Gasteiger partial charge in [-0.25, -0.2) is 9.78 Å². The van der Waals surface area contributed by atoms with Gasteiger partial charge in [0.25, 0.3) is 11.5 Å². The molecule has 9 nitrogen and oxygen atoms in total. The maximum Gasteiger partial charge on any atom is 0.327 e. The molecule has 2 amide bonds. The molecular formula is C19H19N5O4. The molecule has 3 N–H and O–H groups in total. The fourth-order valence-electron chi connectivity index (χ4n) is 2.86. The highest BCUT2D eigenvalue weighted by atomic mass is 16.2. The summed E-state index contributed by atoms with van der Waals surface area (Å²) in [4.78, 5) is 57.8. The first-order valence-corrected chi connectivity index (χ1v) is 8.50. The monoisotopic (exact) mass is 381 g/mol. The number of nitrogens with one attached hydrogen (secondary N) is 3. The Bertz CT molecular complexity index is 1170. The third-order valence-electron chi connectivity index (χ3n) is 4.31. The van der Waals surface area contributed by atoms with Gasteiger partial charge in [0, 0.05) is 18.9 Å². The Morgan fingerprint density at radius 2 is 1.82 bits per heavy atom. The third kappa shape index (κ3) is 3.83. The number of fused-ring (bicyclic) bond motifs is 1. The number of amides is 2. The molecule has 0 aliphatic heterocycles. The van der Waals surface area contributed by atoms with E-state index in [0.717, 1.165) is 16.8 Å². The van der Waals surface area contributed by atoms with Gasteiger partial charge >= 0.3 is 5.69 Å². The fraction of sp³-hybridized carbons (Fsp3) is 0.211. The maximum absolute atomic E-state index is 12.6. The van der Waals surface area contributed by atoms with Crippen LogP contribution < -0.4 is 16.6 Å². The molecule has 0 spiro atoms. The van der Waals surface area contributed by atoms with Crippen molar-refractivity contribution in [3.05, 3.63) is 68.0 Å². The number of nitrogens with zero attached hydrogens (tertiary/aromatic N) is 2. The van der Waals surface area contributed by atoms with Gasteiger partial charge in [0.2, 0.25) is 5.91 Å². The average Bonchev–Trinajstić information content (AvgIpc) is 2.64. The number of likely N-dealkylation sites (N-methyl/N-ethyl adjacent to an activating group) is 1. The fourth-order valence-corrected chi connectivity index (χ4v) is 2.86.